The number of amides is 3. The normalized spacial score (nSPS) is 15.6. The predicted octanol–water partition coefficient (Wildman–Crippen LogP) is 3.80. The Kier molecular flexibility index (Phi) is 6.22. The van der Waals surface area contributed by atoms with Crippen LogP contribution >= 0.6 is 11.3 Å². The number of nitrogens with one attached hydrogen (secondary N) is 2. The molecule has 32 heavy (non-hydrogen) atoms. The summed E-state index contributed by atoms with van der Waals surface area (Å²) >= 11 is 1.21. The molecular formula is C22H20FN5O3S. The summed E-state index contributed by atoms with van der Waals surface area (Å²) in [6.07, 6.45) is 0.603. The van der Waals surface area contributed by atoms with Crippen LogP contribution < -0.4 is 15.5 Å². The maximum absolute atomic E-state index is 13.2. The van der Waals surface area contributed by atoms with E-state index in [2.05, 4.69) is 20.8 Å². The van der Waals surface area contributed by atoms with Crippen LogP contribution in [-0.2, 0) is 9.59 Å². The molecule has 0 aliphatic carbocycles. The van der Waals surface area contributed by atoms with Crippen LogP contribution in [0.15, 0.2) is 48.5 Å². The molecule has 1 atom stereocenters. The third-order valence-electron chi connectivity index (χ3n) is 5.00. The number of aromatic nitrogens is 2. The van der Waals surface area contributed by atoms with Crippen LogP contribution in [0.4, 0.5) is 20.9 Å². The topological polar surface area (TPSA) is 104 Å². The highest BCUT2D eigenvalue weighted by Crippen LogP contribution is 2.34. The number of benzene rings is 2. The number of nitrogens with zero attached hydrogens (tertiary/aromatic N) is 3. The number of halogens is 1. The Morgan fingerprint density at radius 2 is 1.94 bits per heavy atom. The molecule has 2 N–H and O–H groups in total. The minimum atomic E-state index is -0.379. The van der Waals surface area contributed by atoms with Gasteiger partial charge >= 0.3 is 0 Å². The number of rotatable bonds is 6. The Hall–Kier alpha value is -3.66. The molecular weight excluding hydrogens is 433 g/mol. The molecule has 0 saturated carbocycles. The van der Waals surface area contributed by atoms with E-state index >= 15 is 0 Å². The van der Waals surface area contributed by atoms with Gasteiger partial charge in [-0.15, -0.1) is 10.2 Å². The van der Waals surface area contributed by atoms with Crippen molar-refractivity contribution in [3.63, 3.8) is 0 Å². The number of carbonyl (C=O) groups is 3. The van der Waals surface area contributed by atoms with Crippen molar-refractivity contribution in [1.82, 2.24) is 10.2 Å². The first-order valence-corrected chi connectivity index (χ1v) is 10.8. The fourth-order valence-electron chi connectivity index (χ4n) is 3.35. The van der Waals surface area contributed by atoms with Crippen molar-refractivity contribution in [2.75, 3.05) is 22.1 Å². The van der Waals surface area contributed by atoms with E-state index in [0.29, 0.717) is 40.0 Å². The molecule has 1 fully saturated rings. The van der Waals surface area contributed by atoms with E-state index in [1.165, 1.54) is 23.5 Å². The lowest BCUT2D eigenvalue weighted by Gasteiger charge is -2.16. The highest BCUT2D eigenvalue weighted by atomic mass is 32.1. The van der Waals surface area contributed by atoms with Gasteiger partial charge in [0.15, 0.2) is 0 Å². The van der Waals surface area contributed by atoms with Crippen LogP contribution in [0.25, 0.3) is 0 Å². The van der Waals surface area contributed by atoms with Gasteiger partial charge in [-0.1, -0.05) is 24.3 Å². The molecule has 1 aromatic heterocycles. The Bertz CT molecular complexity index is 1160. The quantitative estimate of drug-likeness (QED) is 0.591. The summed E-state index contributed by atoms with van der Waals surface area (Å²) in [7, 11) is 0. The van der Waals surface area contributed by atoms with E-state index in [4.69, 9.17) is 0 Å². The number of anilines is 3. The zero-order valence-corrected chi connectivity index (χ0v) is 18.0. The fourth-order valence-corrected chi connectivity index (χ4v) is 4.18. The summed E-state index contributed by atoms with van der Waals surface area (Å²) in [5, 5.41) is 14.6. The average molecular weight is 453 g/mol. The summed E-state index contributed by atoms with van der Waals surface area (Å²) in [4.78, 5) is 38.2. The fraction of sp³-hybridized carbons (Fsp3) is 0.227. The summed E-state index contributed by atoms with van der Waals surface area (Å²) in [5.74, 6) is -1.12. The maximum atomic E-state index is 13.2. The molecule has 1 aliphatic rings. The smallest absolute Gasteiger partial charge is 0.257 e. The van der Waals surface area contributed by atoms with Gasteiger partial charge in [0.1, 0.15) is 10.8 Å². The summed E-state index contributed by atoms with van der Waals surface area (Å²) in [6, 6.07) is 12.4. The minimum absolute atomic E-state index is 0.0756. The van der Waals surface area contributed by atoms with E-state index in [9.17, 15) is 18.8 Å². The first-order valence-electron chi connectivity index (χ1n) is 10.0. The molecule has 0 bridgehead atoms. The Morgan fingerprint density at radius 3 is 2.69 bits per heavy atom. The van der Waals surface area contributed by atoms with E-state index in [-0.39, 0.29) is 35.9 Å². The second-order valence-electron chi connectivity index (χ2n) is 7.26. The number of hydrogen-bond donors (Lipinski definition) is 2. The van der Waals surface area contributed by atoms with Crippen LogP contribution in [0.2, 0.25) is 0 Å². The SMILES string of the molecule is CCC(=O)Nc1cccc(C(=O)Nc2nnc(C3CC(=O)N(c4ccc(F)cc4)C3)s2)c1. The minimum Gasteiger partial charge on any atom is -0.326 e. The molecule has 164 valence electrons. The van der Waals surface area contributed by atoms with E-state index in [1.807, 2.05) is 0 Å². The van der Waals surface area contributed by atoms with Crippen molar-refractivity contribution in [3.05, 3.63) is 64.9 Å². The lowest BCUT2D eigenvalue weighted by Crippen LogP contribution is -2.24. The Labute approximate surface area is 187 Å². The van der Waals surface area contributed by atoms with E-state index in [1.54, 1.807) is 48.2 Å². The van der Waals surface area contributed by atoms with Crippen molar-refractivity contribution in [2.45, 2.75) is 25.7 Å². The molecule has 2 aromatic carbocycles. The molecule has 3 amide bonds. The van der Waals surface area contributed by atoms with Crippen LogP contribution in [0.3, 0.4) is 0 Å². The summed E-state index contributed by atoms with van der Waals surface area (Å²) < 4.78 is 13.2. The predicted molar refractivity (Wildman–Crippen MR) is 119 cm³/mol. The summed E-state index contributed by atoms with van der Waals surface area (Å²) in [6.45, 7) is 2.15. The first-order chi connectivity index (χ1) is 15.4. The standard InChI is InChI=1S/C22H20FN5O3S/c1-2-18(29)24-16-5-3-4-13(10-16)20(31)25-22-27-26-21(32-22)14-11-19(30)28(12-14)17-8-6-15(23)7-9-17/h3-10,14H,2,11-12H2,1H3,(H,24,29)(H,25,27,31). The molecule has 10 heteroatoms. The van der Waals surface area contributed by atoms with Gasteiger partial charge in [0.25, 0.3) is 5.91 Å². The third kappa shape index (κ3) is 4.80. The van der Waals surface area contributed by atoms with Gasteiger partial charge in [-0.2, -0.15) is 0 Å². The van der Waals surface area contributed by atoms with Gasteiger partial charge < -0.3 is 10.2 Å². The van der Waals surface area contributed by atoms with Gasteiger partial charge in [0.2, 0.25) is 16.9 Å². The Balaban J connectivity index is 1.41. The highest BCUT2D eigenvalue weighted by Gasteiger charge is 2.34. The van der Waals surface area contributed by atoms with Gasteiger partial charge in [-0.25, -0.2) is 4.39 Å². The Morgan fingerprint density at radius 1 is 1.16 bits per heavy atom. The molecule has 1 saturated heterocycles. The molecule has 3 aromatic rings. The van der Waals surface area contributed by atoms with Crippen molar-refractivity contribution < 1.29 is 18.8 Å². The molecule has 4 rings (SSSR count). The molecule has 1 aliphatic heterocycles. The largest absolute Gasteiger partial charge is 0.326 e. The van der Waals surface area contributed by atoms with Crippen molar-refractivity contribution in [3.8, 4) is 0 Å². The van der Waals surface area contributed by atoms with Gasteiger partial charge in [0, 0.05) is 42.2 Å². The second kappa shape index (κ2) is 9.23. The van der Waals surface area contributed by atoms with Gasteiger partial charge in [-0.3, -0.25) is 19.7 Å². The second-order valence-corrected chi connectivity index (χ2v) is 8.27. The van der Waals surface area contributed by atoms with Crippen LogP contribution in [0.1, 0.15) is 41.0 Å². The first kappa shape index (κ1) is 21.6. The highest BCUT2D eigenvalue weighted by molar-refractivity contribution is 7.15. The molecule has 0 radical (unpaired) electrons. The zero-order chi connectivity index (χ0) is 22.7. The molecule has 2 heterocycles. The van der Waals surface area contributed by atoms with Crippen molar-refractivity contribution >= 4 is 45.6 Å². The van der Waals surface area contributed by atoms with Crippen molar-refractivity contribution in [1.29, 1.82) is 0 Å². The van der Waals surface area contributed by atoms with Gasteiger partial charge in [-0.05, 0) is 42.5 Å². The van der Waals surface area contributed by atoms with E-state index in [0.717, 1.165) is 0 Å². The summed E-state index contributed by atoms with van der Waals surface area (Å²) in [5.41, 5.74) is 1.54. The van der Waals surface area contributed by atoms with Gasteiger partial charge in [0.05, 0.1) is 0 Å². The number of carbonyl (C=O) groups excluding carboxylic acids is 3. The third-order valence-corrected chi connectivity index (χ3v) is 6.00. The average Bonchev–Trinajstić information content (AvgIpc) is 3.41. The lowest BCUT2D eigenvalue weighted by molar-refractivity contribution is -0.117. The van der Waals surface area contributed by atoms with Crippen LogP contribution in [-0.4, -0.2) is 34.5 Å². The maximum Gasteiger partial charge on any atom is 0.257 e. The number of hydrogen-bond acceptors (Lipinski definition) is 6. The molecule has 1 unspecified atom stereocenters. The molecule has 0 spiro atoms. The van der Waals surface area contributed by atoms with E-state index < -0.39 is 0 Å². The zero-order valence-electron chi connectivity index (χ0n) is 17.2. The van der Waals surface area contributed by atoms with Crippen LogP contribution in [0.5, 0.6) is 0 Å². The molecule has 8 nitrogen and oxygen atoms in total. The van der Waals surface area contributed by atoms with Crippen molar-refractivity contribution in [2.24, 2.45) is 0 Å². The monoisotopic (exact) mass is 453 g/mol. The lowest BCUT2D eigenvalue weighted by atomic mass is 10.1. The van der Waals surface area contributed by atoms with Crippen LogP contribution in [0, 0.1) is 5.82 Å².